The highest BCUT2D eigenvalue weighted by molar-refractivity contribution is 7.99. The lowest BCUT2D eigenvalue weighted by Crippen LogP contribution is -2.07. The molecule has 0 radical (unpaired) electrons. The Hall–Kier alpha value is -1.72. The van der Waals surface area contributed by atoms with Gasteiger partial charge in [-0.05, 0) is 54.7 Å². The molecule has 94 valence electrons. The molecule has 0 bridgehead atoms. The lowest BCUT2D eigenvalue weighted by molar-refractivity contribution is 0.635. The molecule has 0 aromatic heterocycles. The monoisotopic (exact) mass is 265 g/mol. The number of fused-ring (bicyclic) bond motifs is 1. The summed E-state index contributed by atoms with van der Waals surface area (Å²) in [6, 6.07) is 19.4. The van der Waals surface area contributed by atoms with Crippen LogP contribution in [0.3, 0.4) is 0 Å². The minimum Gasteiger partial charge on any atom is -0.198 e. The average molecular weight is 265 g/mol. The van der Waals surface area contributed by atoms with Crippen molar-refractivity contribution in [1.82, 2.24) is 0 Å². The summed E-state index contributed by atoms with van der Waals surface area (Å²) in [6.45, 7) is 0. The van der Waals surface area contributed by atoms with Crippen LogP contribution >= 0.6 is 11.8 Å². The SMILES string of the molecule is N#CC1CCCc2cc(Sc3ccccc3)ccc21. The van der Waals surface area contributed by atoms with Crippen molar-refractivity contribution in [2.75, 3.05) is 0 Å². The second-order valence-electron chi connectivity index (χ2n) is 4.85. The summed E-state index contributed by atoms with van der Waals surface area (Å²) in [6.07, 6.45) is 3.25. The summed E-state index contributed by atoms with van der Waals surface area (Å²) in [5.41, 5.74) is 2.60. The summed E-state index contributed by atoms with van der Waals surface area (Å²) in [4.78, 5) is 2.53. The molecule has 1 nitrogen and oxygen atoms in total. The Morgan fingerprint density at radius 2 is 1.89 bits per heavy atom. The van der Waals surface area contributed by atoms with Crippen LogP contribution in [0.1, 0.15) is 29.9 Å². The van der Waals surface area contributed by atoms with Gasteiger partial charge in [0.2, 0.25) is 0 Å². The molecule has 3 rings (SSSR count). The maximum atomic E-state index is 9.19. The molecule has 0 amide bonds. The first-order valence-electron chi connectivity index (χ1n) is 6.62. The molecule has 0 spiro atoms. The van der Waals surface area contributed by atoms with Crippen molar-refractivity contribution in [3.63, 3.8) is 0 Å². The second kappa shape index (κ2) is 5.50. The van der Waals surface area contributed by atoms with Crippen molar-refractivity contribution in [1.29, 1.82) is 5.26 Å². The third-order valence-corrected chi connectivity index (χ3v) is 4.56. The maximum Gasteiger partial charge on any atom is 0.0715 e. The molecular formula is C17H15NS. The summed E-state index contributed by atoms with van der Waals surface area (Å²) >= 11 is 1.79. The zero-order chi connectivity index (χ0) is 13.1. The molecule has 1 atom stereocenters. The number of nitrogens with zero attached hydrogens (tertiary/aromatic N) is 1. The summed E-state index contributed by atoms with van der Waals surface area (Å²) in [5, 5.41) is 9.19. The molecular weight excluding hydrogens is 250 g/mol. The van der Waals surface area contributed by atoms with Crippen LogP contribution in [0.5, 0.6) is 0 Å². The molecule has 0 fully saturated rings. The van der Waals surface area contributed by atoms with Gasteiger partial charge in [0.25, 0.3) is 0 Å². The third-order valence-electron chi connectivity index (χ3n) is 3.56. The molecule has 2 heteroatoms. The van der Waals surface area contributed by atoms with Gasteiger partial charge in [-0.15, -0.1) is 0 Å². The predicted molar refractivity (Wildman–Crippen MR) is 78.3 cm³/mol. The van der Waals surface area contributed by atoms with Gasteiger partial charge in [0.05, 0.1) is 12.0 Å². The van der Waals surface area contributed by atoms with E-state index < -0.39 is 0 Å². The fourth-order valence-corrected chi connectivity index (χ4v) is 3.52. The van der Waals surface area contributed by atoms with E-state index in [1.54, 1.807) is 11.8 Å². The molecule has 0 saturated heterocycles. The zero-order valence-electron chi connectivity index (χ0n) is 10.7. The Bertz CT molecular complexity index is 613. The van der Waals surface area contributed by atoms with Gasteiger partial charge in [0.15, 0.2) is 0 Å². The first-order valence-corrected chi connectivity index (χ1v) is 7.44. The zero-order valence-corrected chi connectivity index (χ0v) is 11.5. The Kier molecular flexibility index (Phi) is 3.57. The van der Waals surface area contributed by atoms with Crippen LogP contribution in [0.25, 0.3) is 0 Å². The molecule has 0 aliphatic heterocycles. The van der Waals surface area contributed by atoms with Gasteiger partial charge in [-0.1, -0.05) is 36.0 Å². The maximum absolute atomic E-state index is 9.19. The third kappa shape index (κ3) is 2.67. The lowest BCUT2D eigenvalue weighted by Gasteiger charge is -2.20. The highest BCUT2D eigenvalue weighted by Crippen LogP contribution is 2.35. The number of benzene rings is 2. The quantitative estimate of drug-likeness (QED) is 0.780. The summed E-state index contributed by atoms with van der Waals surface area (Å²) in [7, 11) is 0. The molecule has 0 heterocycles. The van der Waals surface area contributed by atoms with Crippen LogP contribution in [0, 0.1) is 11.3 Å². The Morgan fingerprint density at radius 1 is 1.05 bits per heavy atom. The van der Waals surface area contributed by atoms with E-state index in [0.717, 1.165) is 19.3 Å². The van der Waals surface area contributed by atoms with Gasteiger partial charge < -0.3 is 0 Å². The van der Waals surface area contributed by atoms with E-state index in [2.05, 4.69) is 48.5 Å². The van der Waals surface area contributed by atoms with Crippen LogP contribution in [0.2, 0.25) is 0 Å². The Morgan fingerprint density at radius 3 is 2.68 bits per heavy atom. The topological polar surface area (TPSA) is 23.8 Å². The predicted octanol–water partition coefficient (Wildman–Crippen LogP) is 4.78. The smallest absolute Gasteiger partial charge is 0.0715 e. The molecule has 0 N–H and O–H groups in total. The van der Waals surface area contributed by atoms with Gasteiger partial charge in [-0.3, -0.25) is 0 Å². The van der Waals surface area contributed by atoms with E-state index in [1.165, 1.54) is 20.9 Å². The highest BCUT2D eigenvalue weighted by atomic mass is 32.2. The fraction of sp³-hybridized carbons (Fsp3) is 0.235. The van der Waals surface area contributed by atoms with E-state index in [4.69, 9.17) is 0 Å². The van der Waals surface area contributed by atoms with E-state index in [9.17, 15) is 5.26 Å². The van der Waals surface area contributed by atoms with Crippen molar-refractivity contribution in [2.24, 2.45) is 0 Å². The number of rotatable bonds is 2. The van der Waals surface area contributed by atoms with Crippen molar-refractivity contribution in [3.8, 4) is 6.07 Å². The number of hydrogen-bond donors (Lipinski definition) is 0. The molecule has 19 heavy (non-hydrogen) atoms. The van der Waals surface area contributed by atoms with Crippen LogP contribution in [-0.4, -0.2) is 0 Å². The highest BCUT2D eigenvalue weighted by Gasteiger charge is 2.19. The van der Waals surface area contributed by atoms with E-state index >= 15 is 0 Å². The van der Waals surface area contributed by atoms with Crippen molar-refractivity contribution in [2.45, 2.75) is 35.0 Å². The minimum atomic E-state index is 0.0968. The van der Waals surface area contributed by atoms with Gasteiger partial charge >= 0.3 is 0 Å². The fourth-order valence-electron chi connectivity index (χ4n) is 2.61. The van der Waals surface area contributed by atoms with Crippen LogP contribution in [0.15, 0.2) is 58.3 Å². The largest absolute Gasteiger partial charge is 0.198 e. The average Bonchev–Trinajstić information content (AvgIpc) is 2.47. The van der Waals surface area contributed by atoms with Gasteiger partial charge in [-0.25, -0.2) is 0 Å². The molecule has 0 saturated carbocycles. The first kappa shape index (κ1) is 12.3. The minimum absolute atomic E-state index is 0.0968. The van der Waals surface area contributed by atoms with E-state index in [0.29, 0.717) is 0 Å². The normalized spacial score (nSPS) is 17.5. The van der Waals surface area contributed by atoms with Crippen LogP contribution in [0.4, 0.5) is 0 Å². The molecule has 2 aromatic carbocycles. The molecule has 1 aliphatic carbocycles. The van der Waals surface area contributed by atoms with Crippen LogP contribution < -0.4 is 0 Å². The van der Waals surface area contributed by atoms with Gasteiger partial charge in [0.1, 0.15) is 0 Å². The number of nitriles is 1. The number of hydrogen-bond acceptors (Lipinski definition) is 2. The van der Waals surface area contributed by atoms with E-state index in [1.807, 2.05) is 6.07 Å². The second-order valence-corrected chi connectivity index (χ2v) is 6.00. The van der Waals surface area contributed by atoms with Crippen LogP contribution in [-0.2, 0) is 6.42 Å². The molecule has 2 aromatic rings. The lowest BCUT2D eigenvalue weighted by atomic mass is 9.84. The number of aryl methyl sites for hydroxylation is 1. The van der Waals surface area contributed by atoms with Crippen molar-refractivity contribution >= 4 is 11.8 Å². The summed E-state index contributed by atoms with van der Waals surface area (Å²) < 4.78 is 0. The van der Waals surface area contributed by atoms with Gasteiger partial charge in [-0.2, -0.15) is 5.26 Å². The van der Waals surface area contributed by atoms with Gasteiger partial charge in [0, 0.05) is 9.79 Å². The van der Waals surface area contributed by atoms with Crippen molar-refractivity contribution < 1.29 is 0 Å². The standard InChI is InChI=1S/C17H15NS/c18-12-14-6-4-5-13-11-16(9-10-17(13)14)19-15-7-2-1-3-8-15/h1-3,7-11,14H,4-6H2. The Labute approximate surface area is 118 Å². The van der Waals surface area contributed by atoms with E-state index in [-0.39, 0.29) is 5.92 Å². The van der Waals surface area contributed by atoms with Crippen molar-refractivity contribution in [3.05, 3.63) is 59.7 Å². The molecule has 1 unspecified atom stereocenters. The molecule has 1 aliphatic rings. The first-order chi connectivity index (χ1) is 9.36. The Balaban J connectivity index is 1.88. The summed E-state index contributed by atoms with van der Waals surface area (Å²) in [5.74, 6) is 0.0968.